The van der Waals surface area contributed by atoms with Crippen LogP contribution in [0.1, 0.15) is 65.3 Å². The van der Waals surface area contributed by atoms with Gasteiger partial charge in [0.25, 0.3) is 0 Å². The fourth-order valence-electron chi connectivity index (χ4n) is 4.81. The molecule has 1 aliphatic rings. The second-order valence-electron chi connectivity index (χ2n) is 9.66. The van der Waals surface area contributed by atoms with Crippen LogP contribution in [0.3, 0.4) is 0 Å². The average Bonchev–Trinajstić information content (AvgIpc) is 2.87. The molecule has 3 unspecified atom stereocenters. The number of carboxylic acid groups (broad SMARTS) is 1. The van der Waals surface area contributed by atoms with E-state index in [1.54, 1.807) is 0 Å². The molecular weight excluding hydrogens is 432 g/mol. The Hall–Kier alpha value is -2.95. The van der Waals surface area contributed by atoms with Crippen molar-refractivity contribution in [1.82, 2.24) is 5.32 Å². The number of aryl methyl sites for hydroxylation is 3. The van der Waals surface area contributed by atoms with Gasteiger partial charge in [0.1, 0.15) is 0 Å². The molecular formula is C31H40N2O2. The van der Waals surface area contributed by atoms with E-state index in [4.69, 9.17) is 5.73 Å². The van der Waals surface area contributed by atoms with Crippen LogP contribution in [0.2, 0.25) is 0 Å². The topological polar surface area (TPSA) is 75.3 Å². The van der Waals surface area contributed by atoms with Crippen molar-refractivity contribution in [2.24, 2.45) is 5.73 Å². The van der Waals surface area contributed by atoms with Crippen molar-refractivity contribution in [3.8, 4) is 0 Å². The average molecular weight is 473 g/mol. The number of nitrogens with two attached hydrogens (primary N) is 1. The first-order valence-electron chi connectivity index (χ1n) is 12.8. The summed E-state index contributed by atoms with van der Waals surface area (Å²) in [6.45, 7) is 6.08. The van der Waals surface area contributed by atoms with Crippen LogP contribution in [-0.4, -0.2) is 30.2 Å². The maximum Gasteiger partial charge on any atom is 0.310 e. The number of carboxylic acids is 1. The summed E-state index contributed by atoms with van der Waals surface area (Å²) in [5.74, 6) is -0.612. The molecule has 4 N–H and O–H groups in total. The normalized spacial score (nSPS) is 18.3. The Kier molecular flexibility index (Phi) is 10.5. The summed E-state index contributed by atoms with van der Waals surface area (Å²) in [4.78, 5) is 11.6. The number of unbranched alkanes of at least 4 members (excludes halogenated alkanes) is 1. The molecule has 4 rings (SSSR count). The van der Waals surface area contributed by atoms with Gasteiger partial charge in [-0.05, 0) is 68.3 Å². The lowest BCUT2D eigenvalue weighted by molar-refractivity contribution is -0.139. The van der Waals surface area contributed by atoms with Gasteiger partial charge in [-0.1, -0.05) is 90.8 Å². The van der Waals surface area contributed by atoms with Gasteiger partial charge in [-0.2, -0.15) is 0 Å². The lowest BCUT2D eigenvalue weighted by Gasteiger charge is -2.29. The summed E-state index contributed by atoms with van der Waals surface area (Å²) in [5.41, 5.74) is 11.9. The van der Waals surface area contributed by atoms with Gasteiger partial charge < -0.3 is 16.2 Å². The van der Waals surface area contributed by atoms with E-state index in [2.05, 4.69) is 41.7 Å². The molecule has 0 amide bonds. The zero-order valence-electron chi connectivity index (χ0n) is 21.1. The van der Waals surface area contributed by atoms with E-state index < -0.39 is 11.9 Å². The molecule has 1 heterocycles. The van der Waals surface area contributed by atoms with Crippen molar-refractivity contribution in [1.29, 1.82) is 0 Å². The van der Waals surface area contributed by atoms with Gasteiger partial charge in [-0.15, -0.1) is 0 Å². The minimum absolute atomic E-state index is 0.323. The first-order valence-corrected chi connectivity index (χ1v) is 12.8. The number of hydrogen-bond acceptors (Lipinski definition) is 3. The Morgan fingerprint density at radius 2 is 1.69 bits per heavy atom. The lowest BCUT2D eigenvalue weighted by Crippen LogP contribution is -2.43. The molecule has 3 atom stereocenters. The van der Waals surface area contributed by atoms with E-state index in [1.807, 2.05) is 56.3 Å². The molecule has 1 aliphatic heterocycles. The predicted octanol–water partition coefficient (Wildman–Crippen LogP) is 5.98. The van der Waals surface area contributed by atoms with Crippen molar-refractivity contribution in [2.45, 2.75) is 63.8 Å². The molecule has 0 bridgehead atoms. The van der Waals surface area contributed by atoms with Gasteiger partial charge in [0.15, 0.2) is 0 Å². The van der Waals surface area contributed by atoms with Crippen LogP contribution >= 0.6 is 0 Å². The lowest BCUT2D eigenvalue weighted by atomic mass is 9.88. The third-order valence-electron chi connectivity index (χ3n) is 6.92. The smallest absolute Gasteiger partial charge is 0.310 e. The third kappa shape index (κ3) is 8.34. The van der Waals surface area contributed by atoms with Crippen LogP contribution in [0.4, 0.5) is 0 Å². The number of rotatable bonds is 8. The van der Waals surface area contributed by atoms with E-state index in [-0.39, 0.29) is 0 Å². The minimum Gasteiger partial charge on any atom is -0.481 e. The molecule has 0 aliphatic carbocycles. The van der Waals surface area contributed by atoms with Crippen molar-refractivity contribution < 1.29 is 9.90 Å². The summed E-state index contributed by atoms with van der Waals surface area (Å²) < 4.78 is 0. The van der Waals surface area contributed by atoms with Gasteiger partial charge in [0.05, 0.1) is 5.92 Å². The first-order chi connectivity index (χ1) is 17.0. The van der Waals surface area contributed by atoms with Crippen LogP contribution in [0.25, 0.3) is 0 Å². The highest BCUT2D eigenvalue weighted by Gasteiger charge is 2.22. The fraction of sp³-hybridized carbons (Fsp3) is 0.387. The van der Waals surface area contributed by atoms with Gasteiger partial charge in [-0.3, -0.25) is 4.79 Å². The molecule has 0 saturated carbocycles. The molecule has 4 heteroatoms. The summed E-state index contributed by atoms with van der Waals surface area (Å²) in [7, 11) is 0. The summed E-state index contributed by atoms with van der Waals surface area (Å²) in [6, 6.07) is 27.3. The minimum atomic E-state index is -0.714. The largest absolute Gasteiger partial charge is 0.481 e. The molecule has 3 aromatic rings. The van der Waals surface area contributed by atoms with E-state index in [0.717, 1.165) is 55.5 Å². The van der Waals surface area contributed by atoms with Gasteiger partial charge in [0, 0.05) is 18.5 Å². The fourth-order valence-corrected chi connectivity index (χ4v) is 4.81. The monoisotopic (exact) mass is 472 g/mol. The number of carbonyl (C=O) groups is 1. The molecule has 1 saturated heterocycles. The highest BCUT2D eigenvalue weighted by molar-refractivity contribution is 5.76. The zero-order chi connectivity index (χ0) is 25.0. The molecule has 35 heavy (non-hydrogen) atoms. The number of piperidine rings is 1. The van der Waals surface area contributed by atoms with Crippen LogP contribution in [0, 0.1) is 13.8 Å². The van der Waals surface area contributed by atoms with Crippen LogP contribution in [0.5, 0.6) is 0 Å². The molecule has 0 spiro atoms. The van der Waals surface area contributed by atoms with Crippen molar-refractivity contribution >= 4 is 5.97 Å². The molecule has 4 nitrogen and oxygen atoms in total. The number of hydrogen-bond donors (Lipinski definition) is 3. The SMILES string of the molecule is Cc1ccc(C)c(C(CCCCc2ccccc2)C(=O)O)c1.NC1CCNCC1c1ccccc1. The zero-order valence-corrected chi connectivity index (χ0v) is 21.1. The number of benzene rings is 3. The standard InChI is InChI=1S/C20H24O2.C11H16N2/c1-15-12-13-16(2)19(14-15)18(20(21)22)11-7-6-10-17-8-4-3-5-9-17;12-11-6-7-13-8-10(11)9-4-2-1-3-5-9/h3-5,8-9,12-14,18H,6-7,10-11H2,1-2H3,(H,21,22);1-5,10-11,13H,6-8,12H2. The van der Waals surface area contributed by atoms with E-state index in [0.29, 0.717) is 18.4 Å². The molecule has 186 valence electrons. The number of nitrogens with one attached hydrogen (secondary N) is 1. The van der Waals surface area contributed by atoms with E-state index in [1.165, 1.54) is 11.1 Å². The quantitative estimate of drug-likeness (QED) is 0.353. The van der Waals surface area contributed by atoms with E-state index in [9.17, 15) is 9.90 Å². The van der Waals surface area contributed by atoms with Crippen LogP contribution in [0.15, 0.2) is 78.9 Å². The van der Waals surface area contributed by atoms with Crippen molar-refractivity contribution in [3.63, 3.8) is 0 Å². The van der Waals surface area contributed by atoms with Gasteiger partial charge >= 0.3 is 5.97 Å². The highest BCUT2D eigenvalue weighted by Crippen LogP contribution is 2.27. The third-order valence-corrected chi connectivity index (χ3v) is 6.92. The van der Waals surface area contributed by atoms with Crippen LogP contribution in [-0.2, 0) is 11.2 Å². The number of aliphatic carboxylic acids is 1. The van der Waals surface area contributed by atoms with Crippen molar-refractivity contribution in [3.05, 3.63) is 107 Å². The molecule has 1 fully saturated rings. The predicted molar refractivity (Wildman–Crippen MR) is 145 cm³/mol. The Bertz CT molecular complexity index is 1040. The van der Waals surface area contributed by atoms with Gasteiger partial charge in [-0.25, -0.2) is 0 Å². The van der Waals surface area contributed by atoms with Crippen molar-refractivity contribution in [2.75, 3.05) is 13.1 Å². The second kappa shape index (κ2) is 13.8. The van der Waals surface area contributed by atoms with E-state index >= 15 is 0 Å². The van der Waals surface area contributed by atoms with Gasteiger partial charge in [0.2, 0.25) is 0 Å². The van der Waals surface area contributed by atoms with Crippen LogP contribution < -0.4 is 11.1 Å². The summed E-state index contributed by atoms with van der Waals surface area (Å²) >= 11 is 0. The summed E-state index contributed by atoms with van der Waals surface area (Å²) in [6.07, 6.45) is 4.75. The highest BCUT2D eigenvalue weighted by atomic mass is 16.4. The Morgan fingerprint density at radius 1 is 1.00 bits per heavy atom. The molecule has 0 radical (unpaired) electrons. The Morgan fingerprint density at radius 3 is 2.34 bits per heavy atom. The first kappa shape index (κ1) is 26.7. The summed E-state index contributed by atoms with van der Waals surface area (Å²) in [5, 5.41) is 12.9. The Labute approximate surface area is 210 Å². The molecule has 3 aromatic carbocycles. The Balaban J connectivity index is 0.000000223. The maximum atomic E-state index is 11.6. The second-order valence-corrected chi connectivity index (χ2v) is 9.66. The maximum absolute atomic E-state index is 11.6. The molecule has 0 aromatic heterocycles.